The van der Waals surface area contributed by atoms with E-state index in [4.69, 9.17) is 14.2 Å². The fourth-order valence-corrected chi connectivity index (χ4v) is 7.45. The maximum atomic E-state index is 12.8. The van der Waals surface area contributed by atoms with Crippen molar-refractivity contribution < 1.29 is 28.6 Å². The van der Waals surface area contributed by atoms with Gasteiger partial charge in [-0.3, -0.25) is 14.4 Å². The van der Waals surface area contributed by atoms with Crippen molar-refractivity contribution in [3.8, 4) is 0 Å². The SMILES string of the molecule is CCCCC\C=C/C=C\C=C/C=C\CCCCCCCC(=O)OCC(COC(=O)CCCCCCCCCCCCCCCC)OC(=O)CCC/C=C\C/C=C\C/C=C\C/C=C\CCCCC. The van der Waals surface area contributed by atoms with Gasteiger partial charge in [-0.2, -0.15) is 0 Å². The van der Waals surface area contributed by atoms with Crippen LogP contribution in [0.4, 0.5) is 0 Å². The lowest BCUT2D eigenvalue weighted by molar-refractivity contribution is -0.167. The second-order valence-corrected chi connectivity index (χ2v) is 18.2. The molecule has 0 aliphatic rings. The van der Waals surface area contributed by atoms with Crippen LogP contribution < -0.4 is 0 Å². The van der Waals surface area contributed by atoms with Gasteiger partial charge in [0.2, 0.25) is 0 Å². The van der Waals surface area contributed by atoms with Gasteiger partial charge in [0, 0.05) is 19.3 Å². The predicted octanol–water partition coefficient (Wildman–Crippen LogP) is 18.5. The van der Waals surface area contributed by atoms with Crippen molar-refractivity contribution in [2.45, 2.75) is 258 Å². The smallest absolute Gasteiger partial charge is 0.306 e. The topological polar surface area (TPSA) is 78.9 Å². The first-order chi connectivity index (χ1) is 33.0. The summed E-state index contributed by atoms with van der Waals surface area (Å²) in [6, 6.07) is 0. The summed E-state index contributed by atoms with van der Waals surface area (Å²) in [5.41, 5.74) is 0. The van der Waals surface area contributed by atoms with Gasteiger partial charge >= 0.3 is 17.9 Å². The summed E-state index contributed by atoms with van der Waals surface area (Å²) < 4.78 is 16.8. The van der Waals surface area contributed by atoms with E-state index in [-0.39, 0.29) is 37.5 Å². The second kappa shape index (κ2) is 54.9. The lowest BCUT2D eigenvalue weighted by atomic mass is 10.0. The molecule has 0 spiro atoms. The third kappa shape index (κ3) is 53.2. The highest BCUT2D eigenvalue weighted by molar-refractivity contribution is 5.71. The number of ether oxygens (including phenoxy) is 3. The van der Waals surface area contributed by atoms with E-state index in [0.29, 0.717) is 19.3 Å². The van der Waals surface area contributed by atoms with Crippen molar-refractivity contribution in [1.29, 1.82) is 0 Å². The Balaban J connectivity index is 4.53. The Labute approximate surface area is 413 Å². The van der Waals surface area contributed by atoms with Gasteiger partial charge in [0.15, 0.2) is 6.10 Å². The number of rotatable bonds is 49. The summed E-state index contributed by atoms with van der Waals surface area (Å²) >= 11 is 0. The minimum absolute atomic E-state index is 0.106. The molecule has 6 nitrogen and oxygen atoms in total. The molecule has 0 heterocycles. The Morgan fingerprint density at radius 2 is 0.612 bits per heavy atom. The number of hydrogen-bond donors (Lipinski definition) is 0. The van der Waals surface area contributed by atoms with E-state index in [1.54, 1.807) is 0 Å². The average molecular weight is 931 g/mol. The van der Waals surface area contributed by atoms with Crippen LogP contribution in [0, 0.1) is 0 Å². The van der Waals surface area contributed by atoms with Gasteiger partial charge in [-0.05, 0) is 83.5 Å². The third-order valence-corrected chi connectivity index (χ3v) is 11.7. The van der Waals surface area contributed by atoms with Gasteiger partial charge < -0.3 is 14.2 Å². The van der Waals surface area contributed by atoms with Crippen molar-refractivity contribution in [2.75, 3.05) is 13.2 Å². The lowest BCUT2D eigenvalue weighted by Gasteiger charge is -2.18. The fraction of sp³-hybridized carbons (Fsp3) is 0.689. The molecule has 0 aromatic rings. The van der Waals surface area contributed by atoms with Gasteiger partial charge in [-0.25, -0.2) is 0 Å². The summed E-state index contributed by atoms with van der Waals surface area (Å²) in [6.45, 7) is 6.51. The van der Waals surface area contributed by atoms with Crippen LogP contribution in [0.25, 0.3) is 0 Å². The maximum Gasteiger partial charge on any atom is 0.306 e. The standard InChI is InChI=1S/C61H102O6/c1-4-7-10-13-16-19-22-25-28-30-32-33-36-39-42-45-48-51-54-60(63)66-57-58(56-65-59(62)53-50-47-44-41-38-35-27-24-21-18-15-12-9-6-3)67-61(64)55-52-49-46-43-40-37-34-31-29-26-23-20-17-14-11-8-5-2/h16-17,19-20,22,25-26,28-30,32-34,37,43,46,58H,4-15,18,21,23-24,27,31,35-36,38-42,44-45,47-57H2,1-3H3/b19-16-,20-17-,25-22-,29-26-,30-28-,33-32-,37-34-,46-43-. The van der Waals surface area contributed by atoms with E-state index in [1.807, 2.05) is 0 Å². The van der Waals surface area contributed by atoms with Gasteiger partial charge in [0.05, 0.1) is 0 Å². The zero-order valence-electron chi connectivity index (χ0n) is 43.6. The zero-order chi connectivity index (χ0) is 48.6. The van der Waals surface area contributed by atoms with E-state index in [2.05, 4.69) is 118 Å². The predicted molar refractivity (Wildman–Crippen MR) is 288 cm³/mol. The minimum atomic E-state index is -0.815. The minimum Gasteiger partial charge on any atom is -0.462 e. The largest absolute Gasteiger partial charge is 0.462 e. The van der Waals surface area contributed by atoms with Crippen molar-refractivity contribution >= 4 is 17.9 Å². The summed E-state index contributed by atoms with van der Waals surface area (Å²) in [7, 11) is 0. The molecule has 67 heavy (non-hydrogen) atoms. The molecule has 0 aromatic heterocycles. The average Bonchev–Trinajstić information content (AvgIpc) is 3.33. The number of carbonyl (C=O) groups excluding carboxylic acids is 3. The first-order valence-corrected chi connectivity index (χ1v) is 27.8. The summed E-state index contributed by atoms with van der Waals surface area (Å²) in [5, 5.41) is 0. The van der Waals surface area contributed by atoms with Crippen LogP contribution in [-0.2, 0) is 28.6 Å². The molecule has 0 saturated carbocycles. The molecule has 0 radical (unpaired) electrons. The molecule has 0 fully saturated rings. The molecule has 382 valence electrons. The van der Waals surface area contributed by atoms with Crippen LogP contribution in [0.1, 0.15) is 252 Å². The first kappa shape index (κ1) is 63.3. The number of allylic oxidation sites excluding steroid dienone is 16. The van der Waals surface area contributed by atoms with E-state index >= 15 is 0 Å². The van der Waals surface area contributed by atoms with Gasteiger partial charge in [-0.15, -0.1) is 0 Å². The van der Waals surface area contributed by atoms with Crippen LogP contribution in [0.3, 0.4) is 0 Å². The fourth-order valence-electron chi connectivity index (χ4n) is 7.45. The molecule has 6 heteroatoms. The lowest BCUT2D eigenvalue weighted by Crippen LogP contribution is -2.30. The molecular formula is C61H102O6. The number of carbonyl (C=O) groups is 3. The molecule has 0 aromatic carbocycles. The molecule has 1 atom stereocenters. The van der Waals surface area contributed by atoms with Crippen molar-refractivity contribution in [3.05, 3.63) is 97.2 Å². The van der Waals surface area contributed by atoms with E-state index < -0.39 is 6.10 Å². The Morgan fingerprint density at radius 3 is 1.04 bits per heavy atom. The van der Waals surface area contributed by atoms with Crippen LogP contribution in [0.15, 0.2) is 97.2 Å². The summed E-state index contributed by atoms with van der Waals surface area (Å²) in [4.78, 5) is 38.1. The first-order valence-electron chi connectivity index (χ1n) is 27.8. The molecule has 0 saturated heterocycles. The molecule has 0 amide bonds. The van der Waals surface area contributed by atoms with Gasteiger partial charge in [0.25, 0.3) is 0 Å². The molecular weight excluding hydrogens is 829 g/mol. The quantitative estimate of drug-likeness (QED) is 0.0199. The van der Waals surface area contributed by atoms with Crippen molar-refractivity contribution in [1.82, 2.24) is 0 Å². The monoisotopic (exact) mass is 931 g/mol. The highest BCUT2D eigenvalue weighted by Crippen LogP contribution is 2.15. The van der Waals surface area contributed by atoms with Crippen LogP contribution >= 0.6 is 0 Å². The molecule has 0 rings (SSSR count). The normalized spacial score (nSPS) is 12.8. The summed E-state index contributed by atoms with van der Waals surface area (Å²) in [5.74, 6) is -0.984. The Morgan fingerprint density at radius 1 is 0.313 bits per heavy atom. The Bertz CT molecular complexity index is 1350. The number of unbranched alkanes of at least 4 members (excludes halogenated alkanes) is 25. The number of hydrogen-bond acceptors (Lipinski definition) is 6. The van der Waals surface area contributed by atoms with Gasteiger partial charge in [0.1, 0.15) is 13.2 Å². The second-order valence-electron chi connectivity index (χ2n) is 18.2. The Kier molecular flexibility index (Phi) is 51.9. The molecule has 0 aliphatic carbocycles. The number of esters is 3. The van der Waals surface area contributed by atoms with Crippen LogP contribution in [0.5, 0.6) is 0 Å². The highest BCUT2D eigenvalue weighted by atomic mass is 16.6. The highest BCUT2D eigenvalue weighted by Gasteiger charge is 2.19. The Hall–Kier alpha value is -3.67. The van der Waals surface area contributed by atoms with Crippen molar-refractivity contribution in [2.24, 2.45) is 0 Å². The van der Waals surface area contributed by atoms with Crippen molar-refractivity contribution in [3.63, 3.8) is 0 Å². The molecule has 1 unspecified atom stereocenters. The van der Waals surface area contributed by atoms with E-state index in [1.165, 1.54) is 116 Å². The van der Waals surface area contributed by atoms with Gasteiger partial charge in [-0.1, -0.05) is 246 Å². The zero-order valence-corrected chi connectivity index (χ0v) is 43.6. The van der Waals surface area contributed by atoms with E-state index in [0.717, 1.165) is 89.9 Å². The van der Waals surface area contributed by atoms with E-state index in [9.17, 15) is 14.4 Å². The molecule has 0 N–H and O–H groups in total. The molecule has 0 bridgehead atoms. The van der Waals surface area contributed by atoms with Crippen LogP contribution in [0.2, 0.25) is 0 Å². The molecule has 0 aliphatic heterocycles. The van der Waals surface area contributed by atoms with Crippen LogP contribution in [-0.4, -0.2) is 37.2 Å². The third-order valence-electron chi connectivity index (χ3n) is 11.7. The summed E-state index contributed by atoms with van der Waals surface area (Å²) in [6.07, 6.45) is 72.5. The maximum absolute atomic E-state index is 12.8.